The average Bonchev–Trinajstić information content (AvgIpc) is 3.61. The van der Waals surface area contributed by atoms with Gasteiger partial charge in [-0.25, -0.2) is 14.5 Å². The number of carbonyl (C=O) groups is 1. The van der Waals surface area contributed by atoms with Crippen LogP contribution in [0.4, 0.5) is 16.4 Å². The van der Waals surface area contributed by atoms with Gasteiger partial charge in [0.05, 0.1) is 23.3 Å². The highest BCUT2D eigenvalue weighted by molar-refractivity contribution is 5.92. The predicted molar refractivity (Wildman–Crippen MR) is 150 cm³/mol. The Bertz CT molecular complexity index is 1460. The van der Waals surface area contributed by atoms with Crippen LogP contribution in [0.5, 0.6) is 0 Å². The number of para-hydroxylation sites is 1. The molecule has 8 nitrogen and oxygen atoms in total. The zero-order valence-electron chi connectivity index (χ0n) is 22.3. The minimum Gasteiger partial charge on any atom is -0.444 e. The summed E-state index contributed by atoms with van der Waals surface area (Å²) in [5.41, 5.74) is 2.70. The highest BCUT2D eigenvalue weighted by Crippen LogP contribution is 2.38. The molecular formula is C30H34N6O2. The molecule has 2 unspecified atom stereocenters. The van der Waals surface area contributed by atoms with Crippen molar-refractivity contribution in [3.05, 3.63) is 78.5 Å². The number of piperazine rings is 1. The van der Waals surface area contributed by atoms with E-state index >= 15 is 0 Å². The van der Waals surface area contributed by atoms with Gasteiger partial charge in [0.15, 0.2) is 5.82 Å². The van der Waals surface area contributed by atoms with Gasteiger partial charge in [-0.15, -0.1) is 5.10 Å². The monoisotopic (exact) mass is 510 g/mol. The highest BCUT2D eigenvalue weighted by Gasteiger charge is 2.47. The van der Waals surface area contributed by atoms with Gasteiger partial charge < -0.3 is 19.9 Å². The number of carbonyl (C=O) groups excluding carboxylic acids is 1. The summed E-state index contributed by atoms with van der Waals surface area (Å²) in [6, 6.07) is 23.2. The van der Waals surface area contributed by atoms with E-state index in [0.29, 0.717) is 6.54 Å². The van der Waals surface area contributed by atoms with Crippen LogP contribution in [0.15, 0.2) is 72.9 Å². The molecule has 2 bridgehead atoms. The molecule has 2 aromatic heterocycles. The molecule has 2 fully saturated rings. The van der Waals surface area contributed by atoms with Crippen LogP contribution in [0.3, 0.4) is 0 Å². The van der Waals surface area contributed by atoms with Gasteiger partial charge >= 0.3 is 6.09 Å². The van der Waals surface area contributed by atoms with Gasteiger partial charge in [-0.1, -0.05) is 42.5 Å². The Labute approximate surface area is 223 Å². The quantitative estimate of drug-likeness (QED) is 0.366. The first kappa shape index (κ1) is 24.3. The van der Waals surface area contributed by atoms with Crippen molar-refractivity contribution in [1.82, 2.24) is 19.7 Å². The Morgan fingerprint density at radius 1 is 1.03 bits per heavy atom. The highest BCUT2D eigenvalue weighted by atomic mass is 16.6. The van der Waals surface area contributed by atoms with E-state index in [2.05, 4.69) is 52.5 Å². The van der Waals surface area contributed by atoms with Crippen LogP contribution in [-0.2, 0) is 4.74 Å². The number of nitrogens with zero attached hydrogens (tertiary/aromatic N) is 5. The lowest BCUT2D eigenvalue weighted by Crippen LogP contribution is -2.50. The molecule has 2 aromatic carbocycles. The molecule has 8 heteroatoms. The summed E-state index contributed by atoms with van der Waals surface area (Å²) < 4.78 is 7.65. The zero-order chi connectivity index (χ0) is 26.4. The maximum atomic E-state index is 12.7. The number of nitrogens with one attached hydrogen (secondary N) is 1. The van der Waals surface area contributed by atoms with E-state index in [-0.39, 0.29) is 24.2 Å². The van der Waals surface area contributed by atoms with Crippen LogP contribution in [0, 0.1) is 0 Å². The summed E-state index contributed by atoms with van der Waals surface area (Å²) in [6.07, 6.45) is 2.53. The number of likely N-dealkylation sites (tertiary alicyclic amines) is 1. The van der Waals surface area contributed by atoms with Gasteiger partial charge in [0.1, 0.15) is 11.4 Å². The molecule has 0 spiro atoms. The summed E-state index contributed by atoms with van der Waals surface area (Å²) in [5.74, 6) is 1.76. The van der Waals surface area contributed by atoms with Crippen LogP contribution in [0.25, 0.3) is 16.6 Å². The number of aromatic nitrogens is 3. The van der Waals surface area contributed by atoms with E-state index in [0.717, 1.165) is 41.2 Å². The molecule has 0 aliphatic carbocycles. The lowest BCUT2D eigenvalue weighted by atomic mass is 10.1. The number of fused-ring (bicyclic) bond motifs is 3. The summed E-state index contributed by atoms with van der Waals surface area (Å²) in [5, 5.41) is 9.74. The average molecular weight is 511 g/mol. The van der Waals surface area contributed by atoms with E-state index in [1.165, 1.54) is 5.56 Å². The molecule has 4 aromatic rings. The topological polar surface area (TPSA) is 75.5 Å². The van der Waals surface area contributed by atoms with Gasteiger partial charge in [-0.2, -0.15) is 0 Å². The predicted octanol–water partition coefficient (Wildman–Crippen LogP) is 5.79. The Balaban J connectivity index is 1.27. The van der Waals surface area contributed by atoms with Crippen molar-refractivity contribution in [3.63, 3.8) is 0 Å². The van der Waals surface area contributed by atoms with Crippen LogP contribution < -0.4 is 10.2 Å². The van der Waals surface area contributed by atoms with Crippen molar-refractivity contribution in [3.8, 4) is 5.69 Å². The number of amides is 1. The number of pyridine rings is 1. The molecule has 2 aliphatic rings. The van der Waals surface area contributed by atoms with E-state index in [1.54, 1.807) is 0 Å². The Kier molecular flexibility index (Phi) is 5.97. The second-order valence-corrected chi connectivity index (χ2v) is 11.3. The van der Waals surface area contributed by atoms with Gasteiger partial charge in [-0.05, 0) is 57.9 Å². The molecule has 196 valence electrons. The summed E-state index contributed by atoms with van der Waals surface area (Å²) in [4.78, 5) is 21.6. The fourth-order valence-corrected chi connectivity index (χ4v) is 5.61. The summed E-state index contributed by atoms with van der Waals surface area (Å²) in [6.45, 7) is 9.27. The maximum Gasteiger partial charge on any atom is 0.410 e. The minimum absolute atomic E-state index is 0.122. The third kappa shape index (κ3) is 4.55. The fourth-order valence-electron chi connectivity index (χ4n) is 5.61. The van der Waals surface area contributed by atoms with Crippen LogP contribution in [0.1, 0.15) is 45.7 Å². The third-order valence-corrected chi connectivity index (χ3v) is 7.36. The Morgan fingerprint density at radius 3 is 2.53 bits per heavy atom. The standard InChI is InChI=1S/C30H34N6O2/c1-20(21-10-6-5-7-11-21)32-27-17-22(14-15-31-27)36-26-13-9-8-12-25(26)28(33-36)34-18-24-16-23(34)19-35(24)29(37)38-30(2,3)4/h5-15,17,20,23-24H,16,18-19H2,1-4H3,(H,31,32)/t20-,23?,24?/m0/s1. The SMILES string of the molecule is C[C@H](Nc1cc(-n2nc(N3CC4CC3CN4C(=O)OC(C)(C)C)c3ccccc32)ccn1)c1ccccc1. The second-order valence-electron chi connectivity index (χ2n) is 11.3. The van der Waals surface area contributed by atoms with E-state index < -0.39 is 5.60 Å². The van der Waals surface area contributed by atoms with Crippen molar-refractivity contribution < 1.29 is 9.53 Å². The first-order chi connectivity index (χ1) is 18.3. The summed E-state index contributed by atoms with van der Waals surface area (Å²) in [7, 11) is 0. The molecule has 6 rings (SSSR count). The van der Waals surface area contributed by atoms with Crippen molar-refractivity contribution in [2.75, 3.05) is 23.3 Å². The van der Waals surface area contributed by atoms with Crippen molar-refractivity contribution in [2.24, 2.45) is 0 Å². The van der Waals surface area contributed by atoms with Crippen LogP contribution >= 0.6 is 0 Å². The van der Waals surface area contributed by atoms with Gasteiger partial charge in [0.25, 0.3) is 0 Å². The fraction of sp³-hybridized carbons (Fsp3) is 0.367. The Hall–Kier alpha value is -4.07. The number of benzene rings is 2. The lowest BCUT2D eigenvalue weighted by molar-refractivity contribution is 0.0214. The van der Waals surface area contributed by atoms with E-state index in [4.69, 9.17) is 9.84 Å². The van der Waals surface area contributed by atoms with Crippen molar-refractivity contribution in [1.29, 1.82) is 0 Å². The third-order valence-electron chi connectivity index (χ3n) is 7.36. The maximum absolute atomic E-state index is 12.7. The molecule has 0 saturated carbocycles. The lowest BCUT2D eigenvalue weighted by Gasteiger charge is -2.35. The van der Waals surface area contributed by atoms with Gasteiger partial charge in [0, 0.05) is 36.8 Å². The molecule has 1 N–H and O–H groups in total. The second kappa shape index (κ2) is 9.35. The molecule has 3 atom stereocenters. The van der Waals surface area contributed by atoms with Gasteiger partial charge in [-0.3, -0.25) is 0 Å². The van der Waals surface area contributed by atoms with E-state index in [1.807, 2.05) is 72.9 Å². The van der Waals surface area contributed by atoms with E-state index in [9.17, 15) is 4.79 Å². The van der Waals surface area contributed by atoms with Crippen LogP contribution in [0.2, 0.25) is 0 Å². The summed E-state index contributed by atoms with van der Waals surface area (Å²) >= 11 is 0. The molecule has 38 heavy (non-hydrogen) atoms. The van der Waals surface area contributed by atoms with Crippen molar-refractivity contribution in [2.45, 2.75) is 57.8 Å². The number of anilines is 2. The first-order valence-electron chi connectivity index (χ1n) is 13.3. The van der Waals surface area contributed by atoms with Gasteiger partial charge in [0.2, 0.25) is 0 Å². The van der Waals surface area contributed by atoms with Crippen molar-refractivity contribution >= 4 is 28.6 Å². The largest absolute Gasteiger partial charge is 0.444 e. The smallest absolute Gasteiger partial charge is 0.410 e. The normalized spacial score (nSPS) is 19.7. The molecule has 0 radical (unpaired) electrons. The zero-order valence-corrected chi connectivity index (χ0v) is 22.3. The number of hydrogen-bond donors (Lipinski definition) is 1. The number of ether oxygens (including phenoxy) is 1. The first-order valence-corrected chi connectivity index (χ1v) is 13.3. The number of hydrogen-bond acceptors (Lipinski definition) is 6. The Morgan fingerprint density at radius 2 is 1.79 bits per heavy atom. The minimum atomic E-state index is -0.495. The molecule has 2 saturated heterocycles. The number of rotatable bonds is 5. The molecular weight excluding hydrogens is 476 g/mol. The molecule has 2 aliphatic heterocycles. The molecule has 1 amide bonds. The molecule has 4 heterocycles. The van der Waals surface area contributed by atoms with Crippen LogP contribution in [-0.4, -0.2) is 56.5 Å².